The average molecular weight is 241 g/mol. The molecule has 94 valence electrons. The molecule has 0 bridgehead atoms. The van der Waals surface area contributed by atoms with E-state index >= 15 is 0 Å². The van der Waals surface area contributed by atoms with Crippen LogP contribution in [0.15, 0.2) is 18.2 Å². The van der Waals surface area contributed by atoms with Crippen LogP contribution in [0.1, 0.15) is 31.4 Å². The third kappa shape index (κ3) is 2.82. The molecule has 17 heavy (non-hydrogen) atoms. The van der Waals surface area contributed by atoms with E-state index in [2.05, 4.69) is 5.32 Å². The Labute approximate surface area is 100.0 Å². The van der Waals surface area contributed by atoms with Crippen molar-refractivity contribution in [1.29, 1.82) is 0 Å². The first-order valence-electron chi connectivity index (χ1n) is 6.01. The van der Waals surface area contributed by atoms with E-state index in [0.29, 0.717) is 24.6 Å². The van der Waals surface area contributed by atoms with Crippen LogP contribution in [0.4, 0.5) is 8.78 Å². The fourth-order valence-electron chi connectivity index (χ4n) is 2.26. The topological polar surface area (TPSA) is 21.3 Å². The fourth-order valence-corrected chi connectivity index (χ4v) is 2.26. The zero-order valence-electron chi connectivity index (χ0n) is 9.88. The number of nitrogens with one attached hydrogen (secondary N) is 1. The first-order valence-corrected chi connectivity index (χ1v) is 6.01. The van der Waals surface area contributed by atoms with Crippen LogP contribution in [0.25, 0.3) is 0 Å². The van der Waals surface area contributed by atoms with Crippen molar-refractivity contribution < 1.29 is 13.5 Å². The molecule has 2 unspecified atom stereocenters. The van der Waals surface area contributed by atoms with E-state index in [1.165, 1.54) is 6.07 Å². The van der Waals surface area contributed by atoms with E-state index in [-0.39, 0.29) is 6.10 Å². The largest absolute Gasteiger partial charge is 0.373 e. The first kappa shape index (κ1) is 12.5. The molecule has 1 N–H and O–H groups in total. The number of hydrogen-bond donors (Lipinski definition) is 1. The van der Waals surface area contributed by atoms with Gasteiger partial charge in [-0.2, -0.15) is 0 Å². The highest BCUT2D eigenvalue weighted by atomic mass is 19.2. The summed E-state index contributed by atoms with van der Waals surface area (Å²) in [7, 11) is 0. The van der Waals surface area contributed by atoms with Crippen molar-refractivity contribution in [2.45, 2.75) is 31.9 Å². The van der Waals surface area contributed by atoms with Crippen LogP contribution in [0.2, 0.25) is 0 Å². The molecule has 1 heterocycles. The van der Waals surface area contributed by atoms with Gasteiger partial charge >= 0.3 is 0 Å². The monoisotopic (exact) mass is 241 g/mol. The highest BCUT2D eigenvalue weighted by molar-refractivity contribution is 5.22. The zero-order valence-corrected chi connectivity index (χ0v) is 9.88. The molecule has 0 aromatic heterocycles. The minimum absolute atomic E-state index is 0.321. The Morgan fingerprint density at radius 3 is 3.00 bits per heavy atom. The summed E-state index contributed by atoms with van der Waals surface area (Å²) in [5.41, 5.74) is 0.326. The van der Waals surface area contributed by atoms with Gasteiger partial charge in [0.1, 0.15) is 0 Å². The second-order valence-electron chi connectivity index (χ2n) is 4.28. The van der Waals surface area contributed by atoms with E-state index in [1.54, 1.807) is 6.07 Å². The summed E-state index contributed by atoms with van der Waals surface area (Å²) in [6, 6.07) is 4.57. The maximum absolute atomic E-state index is 13.6. The van der Waals surface area contributed by atoms with Crippen molar-refractivity contribution >= 4 is 0 Å². The molecular formula is C13H17F2NO. The third-order valence-electron chi connectivity index (χ3n) is 3.11. The van der Waals surface area contributed by atoms with Gasteiger partial charge in [-0.1, -0.05) is 19.1 Å². The molecule has 2 rings (SSSR count). The third-order valence-corrected chi connectivity index (χ3v) is 3.11. The zero-order chi connectivity index (χ0) is 12.3. The van der Waals surface area contributed by atoms with Gasteiger partial charge in [0, 0.05) is 18.2 Å². The molecule has 0 radical (unpaired) electrons. The van der Waals surface area contributed by atoms with E-state index in [9.17, 15) is 8.78 Å². The molecule has 4 heteroatoms. The number of ether oxygens (including phenoxy) is 1. The van der Waals surface area contributed by atoms with Gasteiger partial charge in [-0.05, 0) is 25.5 Å². The van der Waals surface area contributed by atoms with Gasteiger partial charge in [0.15, 0.2) is 11.6 Å². The number of halogens is 2. The highest BCUT2D eigenvalue weighted by Gasteiger charge is 2.26. The molecule has 1 aliphatic rings. The van der Waals surface area contributed by atoms with E-state index in [4.69, 9.17) is 4.74 Å². The van der Waals surface area contributed by atoms with Crippen molar-refractivity contribution in [3.63, 3.8) is 0 Å². The lowest BCUT2D eigenvalue weighted by Crippen LogP contribution is -2.36. The van der Waals surface area contributed by atoms with Crippen LogP contribution >= 0.6 is 0 Å². The van der Waals surface area contributed by atoms with Gasteiger partial charge < -0.3 is 10.1 Å². The second-order valence-corrected chi connectivity index (χ2v) is 4.28. The molecule has 0 aliphatic carbocycles. The van der Waals surface area contributed by atoms with E-state index < -0.39 is 11.6 Å². The molecule has 2 nitrogen and oxygen atoms in total. The normalized spacial score (nSPS) is 24.9. The molecular weight excluding hydrogens is 224 g/mol. The van der Waals surface area contributed by atoms with Crippen LogP contribution in [-0.4, -0.2) is 19.2 Å². The van der Waals surface area contributed by atoms with Crippen LogP contribution in [0.3, 0.4) is 0 Å². The Bertz CT molecular complexity index is 382. The second kappa shape index (κ2) is 5.56. The minimum atomic E-state index is -0.809. The lowest BCUT2D eigenvalue weighted by molar-refractivity contribution is -0.00168. The predicted octanol–water partition coefficient (Wildman–Crippen LogP) is 2.79. The molecule has 0 saturated carbocycles. The van der Waals surface area contributed by atoms with Crippen LogP contribution < -0.4 is 5.32 Å². The van der Waals surface area contributed by atoms with Gasteiger partial charge in [-0.25, -0.2) is 8.78 Å². The van der Waals surface area contributed by atoms with Crippen molar-refractivity contribution in [3.05, 3.63) is 35.4 Å². The molecule has 1 aromatic carbocycles. The molecule has 1 aromatic rings. The summed E-state index contributed by atoms with van der Waals surface area (Å²) < 4.78 is 32.3. The van der Waals surface area contributed by atoms with Gasteiger partial charge in [0.2, 0.25) is 0 Å². The van der Waals surface area contributed by atoms with Crippen molar-refractivity contribution in [2.75, 3.05) is 13.2 Å². The van der Waals surface area contributed by atoms with Gasteiger partial charge in [0.25, 0.3) is 0 Å². The molecule has 0 amide bonds. The van der Waals surface area contributed by atoms with E-state index in [0.717, 1.165) is 19.0 Å². The molecule has 1 saturated heterocycles. The molecule has 1 aliphatic heterocycles. The lowest BCUT2D eigenvalue weighted by atomic mass is 9.97. The fraction of sp³-hybridized carbons (Fsp3) is 0.538. The smallest absolute Gasteiger partial charge is 0.164 e. The van der Waals surface area contributed by atoms with Crippen molar-refractivity contribution in [2.24, 2.45) is 0 Å². The summed E-state index contributed by atoms with van der Waals surface area (Å²) in [5, 5.41) is 3.32. The SMILES string of the molecule is CCNC1CCOC(c2cccc(F)c2F)C1. The number of rotatable bonds is 3. The Morgan fingerprint density at radius 2 is 2.24 bits per heavy atom. The Hall–Kier alpha value is -1.00. The van der Waals surface area contributed by atoms with E-state index in [1.807, 2.05) is 6.92 Å². The summed E-state index contributed by atoms with van der Waals surface area (Å²) in [4.78, 5) is 0. The van der Waals surface area contributed by atoms with Gasteiger partial charge in [-0.15, -0.1) is 0 Å². The average Bonchev–Trinajstić information content (AvgIpc) is 2.33. The molecule has 0 spiro atoms. The standard InChI is InChI=1S/C13H17F2NO/c1-2-16-9-6-7-17-12(8-9)10-4-3-5-11(14)13(10)15/h3-5,9,12,16H,2,6-8H2,1H3. The maximum atomic E-state index is 13.6. The van der Waals surface area contributed by atoms with Crippen LogP contribution in [-0.2, 0) is 4.74 Å². The Kier molecular flexibility index (Phi) is 4.07. The van der Waals surface area contributed by atoms with Crippen LogP contribution in [0.5, 0.6) is 0 Å². The summed E-state index contributed by atoms with van der Waals surface area (Å²) >= 11 is 0. The minimum Gasteiger partial charge on any atom is -0.373 e. The number of benzene rings is 1. The maximum Gasteiger partial charge on any atom is 0.164 e. The van der Waals surface area contributed by atoms with Gasteiger partial charge in [-0.3, -0.25) is 0 Å². The predicted molar refractivity (Wildman–Crippen MR) is 61.7 cm³/mol. The highest BCUT2D eigenvalue weighted by Crippen LogP contribution is 2.30. The number of hydrogen-bond acceptors (Lipinski definition) is 2. The van der Waals surface area contributed by atoms with Crippen LogP contribution in [0, 0.1) is 11.6 Å². The first-order chi connectivity index (χ1) is 8.22. The Morgan fingerprint density at radius 1 is 1.41 bits per heavy atom. The molecule has 2 atom stereocenters. The Balaban J connectivity index is 2.13. The van der Waals surface area contributed by atoms with Gasteiger partial charge in [0.05, 0.1) is 6.10 Å². The summed E-state index contributed by atoms with van der Waals surface area (Å²) in [6.07, 6.45) is 1.26. The lowest BCUT2D eigenvalue weighted by Gasteiger charge is -2.30. The van der Waals surface area contributed by atoms with Crippen molar-refractivity contribution in [3.8, 4) is 0 Å². The molecule has 1 fully saturated rings. The summed E-state index contributed by atoms with van der Waals surface area (Å²) in [6.45, 7) is 3.49. The quantitative estimate of drug-likeness (QED) is 0.878. The van der Waals surface area contributed by atoms with Crippen molar-refractivity contribution in [1.82, 2.24) is 5.32 Å². The summed E-state index contributed by atoms with van der Waals surface area (Å²) in [5.74, 6) is -1.59.